The van der Waals surface area contributed by atoms with E-state index >= 15 is 0 Å². The maximum atomic E-state index is 13.4. The first-order valence-corrected chi connectivity index (χ1v) is 13.7. The number of carbonyl (C=O) groups excluding carboxylic acids is 2. The summed E-state index contributed by atoms with van der Waals surface area (Å²) in [5.74, 6) is -0.547. The van der Waals surface area contributed by atoms with Crippen molar-refractivity contribution in [1.82, 2.24) is 4.57 Å². The van der Waals surface area contributed by atoms with Crippen LogP contribution in [0, 0.1) is 6.92 Å². The number of aromatic nitrogens is 1. The van der Waals surface area contributed by atoms with Crippen LogP contribution in [-0.4, -0.2) is 16.4 Å². The van der Waals surface area contributed by atoms with Crippen LogP contribution in [0.4, 0.5) is 5.69 Å². The summed E-state index contributed by atoms with van der Waals surface area (Å²) >= 11 is 0. The highest BCUT2D eigenvalue weighted by Gasteiger charge is 2.38. The monoisotopic (exact) mass is 528 g/mol. The molecule has 6 aromatic carbocycles. The minimum atomic E-state index is -0.280. The third kappa shape index (κ3) is 3.47. The number of hydrogen-bond acceptors (Lipinski definition) is 2. The number of hydrogen-bond donors (Lipinski definition) is 0. The smallest absolute Gasteiger partial charge is 0.266 e. The van der Waals surface area contributed by atoms with E-state index in [-0.39, 0.29) is 11.8 Å². The van der Waals surface area contributed by atoms with Gasteiger partial charge < -0.3 is 4.57 Å². The lowest BCUT2D eigenvalue weighted by Crippen LogP contribution is -2.29. The molecule has 0 aliphatic carbocycles. The first-order valence-electron chi connectivity index (χ1n) is 13.7. The van der Waals surface area contributed by atoms with E-state index in [1.807, 2.05) is 37.3 Å². The summed E-state index contributed by atoms with van der Waals surface area (Å²) in [6.07, 6.45) is 0. The van der Waals surface area contributed by atoms with Crippen molar-refractivity contribution in [3.05, 3.63) is 144 Å². The number of fused-ring (bicyclic) bond motifs is 5. The molecule has 0 radical (unpaired) electrons. The quantitative estimate of drug-likeness (QED) is 0.215. The summed E-state index contributed by atoms with van der Waals surface area (Å²) in [6.45, 7) is 1.90. The minimum Gasteiger partial charge on any atom is -0.309 e. The molecule has 194 valence electrons. The number of rotatable bonds is 3. The molecule has 0 N–H and O–H groups in total. The van der Waals surface area contributed by atoms with Crippen LogP contribution in [0.15, 0.2) is 127 Å². The molecule has 0 saturated carbocycles. The lowest BCUT2D eigenvalue weighted by Gasteiger charge is -2.13. The zero-order valence-electron chi connectivity index (χ0n) is 22.3. The van der Waals surface area contributed by atoms with Gasteiger partial charge in [0.25, 0.3) is 11.8 Å². The van der Waals surface area contributed by atoms with Crippen LogP contribution >= 0.6 is 0 Å². The molecule has 0 fully saturated rings. The van der Waals surface area contributed by atoms with Crippen LogP contribution in [-0.2, 0) is 0 Å². The van der Waals surface area contributed by atoms with Crippen molar-refractivity contribution >= 4 is 50.1 Å². The molecule has 2 amide bonds. The van der Waals surface area contributed by atoms with E-state index in [1.165, 1.54) is 26.7 Å². The van der Waals surface area contributed by atoms with Crippen molar-refractivity contribution in [1.29, 1.82) is 0 Å². The van der Waals surface area contributed by atoms with Crippen LogP contribution in [0.25, 0.3) is 49.4 Å². The third-order valence-electron chi connectivity index (χ3n) is 8.20. The molecule has 4 heteroatoms. The molecule has 0 saturated heterocycles. The van der Waals surface area contributed by atoms with E-state index in [4.69, 9.17) is 0 Å². The summed E-state index contributed by atoms with van der Waals surface area (Å²) in [7, 11) is 0. The molecule has 0 spiro atoms. The Labute approximate surface area is 236 Å². The van der Waals surface area contributed by atoms with E-state index in [9.17, 15) is 9.59 Å². The van der Waals surface area contributed by atoms with E-state index in [1.54, 1.807) is 12.1 Å². The molecule has 0 atom stereocenters. The number of anilines is 1. The van der Waals surface area contributed by atoms with Gasteiger partial charge in [-0.1, -0.05) is 78.9 Å². The molecule has 1 aliphatic rings. The Morgan fingerprint density at radius 3 is 1.88 bits per heavy atom. The van der Waals surface area contributed by atoms with Crippen molar-refractivity contribution in [2.45, 2.75) is 6.92 Å². The van der Waals surface area contributed by atoms with Gasteiger partial charge in [0.15, 0.2) is 0 Å². The van der Waals surface area contributed by atoms with Crippen LogP contribution in [0.1, 0.15) is 26.3 Å². The SMILES string of the molecule is Cc1cc(-c2ccc3cc(-n4c5ccccc5c5ccccc54)ccc3c2)cc2c1C(=O)N(c1ccccc1)C2=O. The van der Waals surface area contributed by atoms with E-state index in [2.05, 4.69) is 89.5 Å². The predicted octanol–water partition coefficient (Wildman–Crippen LogP) is 8.71. The number of imide groups is 1. The number of benzene rings is 6. The van der Waals surface area contributed by atoms with Gasteiger partial charge in [0, 0.05) is 16.5 Å². The fourth-order valence-electron chi connectivity index (χ4n) is 6.29. The number of nitrogens with zero attached hydrogens (tertiary/aromatic N) is 2. The van der Waals surface area contributed by atoms with Crippen molar-refractivity contribution < 1.29 is 9.59 Å². The normalized spacial score (nSPS) is 13.0. The number of carbonyl (C=O) groups is 2. The molecular weight excluding hydrogens is 504 g/mol. The lowest BCUT2D eigenvalue weighted by atomic mass is 9.94. The second kappa shape index (κ2) is 8.77. The van der Waals surface area contributed by atoms with Crippen molar-refractivity contribution in [2.75, 3.05) is 4.90 Å². The highest BCUT2D eigenvalue weighted by Crippen LogP contribution is 2.36. The average Bonchev–Trinajstić information content (AvgIpc) is 3.48. The van der Waals surface area contributed by atoms with Gasteiger partial charge in [0.05, 0.1) is 27.8 Å². The van der Waals surface area contributed by atoms with Gasteiger partial charge in [0.1, 0.15) is 0 Å². The van der Waals surface area contributed by atoms with E-state index in [0.29, 0.717) is 16.8 Å². The summed E-state index contributed by atoms with van der Waals surface area (Å²) in [4.78, 5) is 27.9. The summed E-state index contributed by atoms with van der Waals surface area (Å²) in [6, 6.07) is 42.9. The zero-order chi connectivity index (χ0) is 27.7. The highest BCUT2D eigenvalue weighted by atomic mass is 16.2. The molecule has 7 aromatic rings. The van der Waals surface area contributed by atoms with E-state index < -0.39 is 0 Å². The molecule has 2 heterocycles. The third-order valence-corrected chi connectivity index (χ3v) is 8.20. The van der Waals surface area contributed by atoms with Gasteiger partial charge in [-0.25, -0.2) is 4.90 Å². The summed E-state index contributed by atoms with van der Waals surface area (Å²) in [5, 5.41) is 4.72. The Hall–Kier alpha value is -5.48. The second-order valence-electron chi connectivity index (χ2n) is 10.6. The molecule has 8 rings (SSSR count). The molecule has 0 bridgehead atoms. The largest absolute Gasteiger partial charge is 0.309 e. The predicted molar refractivity (Wildman–Crippen MR) is 166 cm³/mol. The zero-order valence-corrected chi connectivity index (χ0v) is 22.3. The standard InChI is InChI=1S/C37H24N2O2/c1-23-19-27(22-32-35(23)37(41)39(36(32)40)28-9-3-2-4-10-28)25-15-16-26-21-29(18-17-24(26)20-25)38-33-13-7-5-11-30(33)31-12-6-8-14-34(31)38/h2-22H,1H3. The topological polar surface area (TPSA) is 42.3 Å². The number of aryl methyl sites for hydroxylation is 1. The molecule has 4 nitrogen and oxygen atoms in total. The Kier molecular flexibility index (Phi) is 5.01. The molecule has 1 aliphatic heterocycles. The first kappa shape index (κ1) is 23.4. The molecule has 41 heavy (non-hydrogen) atoms. The maximum absolute atomic E-state index is 13.4. The lowest BCUT2D eigenvalue weighted by molar-refractivity contribution is 0.0926. The summed E-state index contributed by atoms with van der Waals surface area (Å²) < 4.78 is 2.32. The Morgan fingerprint density at radius 2 is 1.15 bits per heavy atom. The average molecular weight is 529 g/mol. The van der Waals surface area contributed by atoms with Crippen molar-refractivity contribution in [3.63, 3.8) is 0 Å². The Bertz CT molecular complexity index is 2160. The fourth-order valence-corrected chi connectivity index (χ4v) is 6.29. The molecule has 1 aromatic heterocycles. The van der Waals surface area contributed by atoms with Crippen LogP contribution in [0.2, 0.25) is 0 Å². The van der Waals surface area contributed by atoms with E-state index in [0.717, 1.165) is 33.2 Å². The van der Waals surface area contributed by atoms with Crippen molar-refractivity contribution in [2.24, 2.45) is 0 Å². The van der Waals surface area contributed by atoms with Gasteiger partial charge in [-0.15, -0.1) is 0 Å². The maximum Gasteiger partial charge on any atom is 0.266 e. The first-order chi connectivity index (χ1) is 20.1. The van der Waals surface area contributed by atoms with Gasteiger partial charge in [0.2, 0.25) is 0 Å². The van der Waals surface area contributed by atoms with Crippen LogP contribution < -0.4 is 4.90 Å². The molecular formula is C37H24N2O2. The van der Waals surface area contributed by atoms with Gasteiger partial charge in [-0.2, -0.15) is 0 Å². The van der Waals surface area contributed by atoms with Gasteiger partial charge in [-0.05, 0) is 82.9 Å². The van der Waals surface area contributed by atoms with Gasteiger partial charge >= 0.3 is 0 Å². The fraction of sp³-hybridized carbons (Fsp3) is 0.0270. The Balaban J connectivity index is 1.21. The number of para-hydroxylation sites is 3. The van der Waals surface area contributed by atoms with Gasteiger partial charge in [-0.3, -0.25) is 9.59 Å². The van der Waals surface area contributed by atoms with Crippen LogP contribution in [0.5, 0.6) is 0 Å². The Morgan fingerprint density at radius 1 is 0.512 bits per heavy atom. The highest BCUT2D eigenvalue weighted by molar-refractivity contribution is 6.35. The summed E-state index contributed by atoms with van der Waals surface area (Å²) in [5.41, 5.74) is 7.73. The second-order valence-corrected chi connectivity index (χ2v) is 10.6. The minimum absolute atomic E-state index is 0.267. The molecule has 0 unspecified atom stereocenters. The van der Waals surface area contributed by atoms with Crippen molar-refractivity contribution in [3.8, 4) is 16.8 Å². The van der Waals surface area contributed by atoms with Crippen LogP contribution in [0.3, 0.4) is 0 Å². The number of amides is 2.